The van der Waals surface area contributed by atoms with Gasteiger partial charge in [0.05, 0.1) is 5.56 Å². The van der Waals surface area contributed by atoms with E-state index >= 15 is 0 Å². The predicted molar refractivity (Wildman–Crippen MR) is 70.7 cm³/mol. The molecule has 7 heteroatoms. The maximum atomic E-state index is 11.9. The Labute approximate surface area is 118 Å². The van der Waals surface area contributed by atoms with E-state index in [2.05, 4.69) is 26.2 Å². The monoisotopic (exact) mass is 334 g/mol. The summed E-state index contributed by atoms with van der Waals surface area (Å²) in [5, 5.41) is 11.4. The fraction of sp³-hybridized carbons (Fsp3) is 0.364. The summed E-state index contributed by atoms with van der Waals surface area (Å²) in [6.07, 6.45) is 1.45. The Hall–Kier alpha value is -1.14. The molecule has 1 atom stereocenters. The number of aromatic nitrogens is 1. The van der Waals surface area contributed by atoms with Crippen LogP contribution in [0.2, 0.25) is 5.15 Å². The lowest BCUT2D eigenvalue weighted by Gasteiger charge is -2.18. The van der Waals surface area contributed by atoms with Crippen LogP contribution in [0.4, 0.5) is 0 Å². The molecule has 0 aromatic carbocycles. The molecule has 0 aliphatic carbocycles. The lowest BCUT2D eigenvalue weighted by atomic mass is 10.0. The van der Waals surface area contributed by atoms with Gasteiger partial charge in [-0.3, -0.25) is 4.79 Å². The zero-order valence-corrected chi connectivity index (χ0v) is 12.1. The highest BCUT2D eigenvalue weighted by Crippen LogP contribution is 2.18. The molecule has 18 heavy (non-hydrogen) atoms. The van der Waals surface area contributed by atoms with E-state index in [0.717, 1.165) is 0 Å². The third-order valence-electron chi connectivity index (χ3n) is 2.27. The standard InChI is InChI=1S/C11H12BrClN2O3/c1-5(2)8(11(17)18)15-10(16)7-3-6(12)4-14-9(7)13/h3-5,8H,1-2H3,(H,15,16)(H,17,18)/t8-/m1/s1. The Morgan fingerprint density at radius 1 is 1.50 bits per heavy atom. The summed E-state index contributed by atoms with van der Waals surface area (Å²) in [6.45, 7) is 3.42. The van der Waals surface area contributed by atoms with Crippen molar-refractivity contribution in [2.24, 2.45) is 5.92 Å². The van der Waals surface area contributed by atoms with E-state index < -0.39 is 17.9 Å². The Kier molecular flexibility index (Phi) is 5.10. The number of carbonyl (C=O) groups excluding carboxylic acids is 1. The number of hydrogen-bond acceptors (Lipinski definition) is 3. The number of rotatable bonds is 4. The maximum absolute atomic E-state index is 11.9. The van der Waals surface area contributed by atoms with Gasteiger partial charge >= 0.3 is 5.97 Å². The molecule has 2 N–H and O–H groups in total. The van der Waals surface area contributed by atoms with Crippen molar-refractivity contribution < 1.29 is 14.7 Å². The highest BCUT2D eigenvalue weighted by molar-refractivity contribution is 9.10. The van der Waals surface area contributed by atoms with E-state index in [9.17, 15) is 9.59 Å². The van der Waals surface area contributed by atoms with Gasteiger partial charge in [0.2, 0.25) is 0 Å². The minimum absolute atomic E-state index is 0.0311. The van der Waals surface area contributed by atoms with Crippen LogP contribution in [-0.2, 0) is 4.79 Å². The largest absolute Gasteiger partial charge is 0.480 e. The summed E-state index contributed by atoms with van der Waals surface area (Å²) in [4.78, 5) is 26.7. The highest BCUT2D eigenvalue weighted by Gasteiger charge is 2.25. The van der Waals surface area contributed by atoms with Crippen LogP contribution < -0.4 is 5.32 Å². The molecule has 98 valence electrons. The lowest BCUT2D eigenvalue weighted by molar-refractivity contribution is -0.140. The smallest absolute Gasteiger partial charge is 0.326 e. The molecule has 1 heterocycles. The fourth-order valence-electron chi connectivity index (χ4n) is 1.31. The van der Waals surface area contributed by atoms with Gasteiger partial charge in [0.15, 0.2) is 0 Å². The zero-order valence-electron chi connectivity index (χ0n) is 9.78. The maximum Gasteiger partial charge on any atom is 0.326 e. The van der Waals surface area contributed by atoms with Crippen molar-refractivity contribution in [1.82, 2.24) is 10.3 Å². The topological polar surface area (TPSA) is 79.3 Å². The molecule has 0 bridgehead atoms. The summed E-state index contributed by atoms with van der Waals surface area (Å²) >= 11 is 8.96. The van der Waals surface area contributed by atoms with Crippen LogP contribution in [0.15, 0.2) is 16.7 Å². The molecule has 0 saturated heterocycles. The van der Waals surface area contributed by atoms with Gasteiger partial charge in [-0.05, 0) is 27.9 Å². The number of nitrogens with zero attached hydrogens (tertiary/aromatic N) is 1. The first-order chi connectivity index (χ1) is 8.32. The number of carboxylic acids is 1. The van der Waals surface area contributed by atoms with E-state index in [1.54, 1.807) is 13.8 Å². The lowest BCUT2D eigenvalue weighted by Crippen LogP contribution is -2.44. The molecular formula is C11H12BrClN2O3. The average Bonchev–Trinajstić information content (AvgIpc) is 2.28. The Bertz CT molecular complexity index is 479. The molecule has 1 rings (SSSR count). The van der Waals surface area contributed by atoms with Crippen molar-refractivity contribution in [3.8, 4) is 0 Å². The number of amides is 1. The van der Waals surface area contributed by atoms with E-state index in [1.165, 1.54) is 12.3 Å². The molecule has 0 aliphatic rings. The predicted octanol–water partition coefficient (Wildman–Crippen LogP) is 2.34. The van der Waals surface area contributed by atoms with Crippen LogP contribution in [-0.4, -0.2) is 28.0 Å². The van der Waals surface area contributed by atoms with Crippen molar-refractivity contribution in [3.63, 3.8) is 0 Å². The van der Waals surface area contributed by atoms with E-state index in [1.807, 2.05) is 0 Å². The van der Waals surface area contributed by atoms with Gasteiger partial charge in [0, 0.05) is 10.7 Å². The summed E-state index contributed by atoms with van der Waals surface area (Å²) in [6, 6.07) is 0.525. The molecule has 0 unspecified atom stereocenters. The Morgan fingerprint density at radius 2 is 2.11 bits per heavy atom. The minimum atomic E-state index is -1.09. The molecule has 0 fully saturated rings. The molecule has 1 aromatic rings. The molecule has 0 radical (unpaired) electrons. The highest BCUT2D eigenvalue weighted by atomic mass is 79.9. The van der Waals surface area contributed by atoms with Gasteiger partial charge < -0.3 is 10.4 Å². The number of pyridine rings is 1. The van der Waals surface area contributed by atoms with Crippen molar-refractivity contribution in [2.75, 3.05) is 0 Å². The quantitative estimate of drug-likeness (QED) is 0.828. The molecule has 0 spiro atoms. The van der Waals surface area contributed by atoms with E-state index in [4.69, 9.17) is 16.7 Å². The van der Waals surface area contributed by atoms with Gasteiger partial charge in [-0.1, -0.05) is 25.4 Å². The normalized spacial score (nSPS) is 12.3. The van der Waals surface area contributed by atoms with Gasteiger partial charge in [0.1, 0.15) is 11.2 Å². The third kappa shape index (κ3) is 3.68. The fourth-order valence-corrected chi connectivity index (χ4v) is 1.83. The first kappa shape index (κ1) is 14.9. The van der Waals surface area contributed by atoms with Crippen molar-refractivity contribution in [3.05, 3.63) is 27.5 Å². The second-order valence-corrected chi connectivity index (χ2v) is 5.30. The first-order valence-corrected chi connectivity index (χ1v) is 6.34. The summed E-state index contributed by atoms with van der Waals surface area (Å²) < 4.78 is 0.591. The van der Waals surface area contributed by atoms with Crippen LogP contribution in [0.1, 0.15) is 24.2 Å². The summed E-state index contributed by atoms with van der Waals surface area (Å²) in [7, 11) is 0. The number of halogens is 2. The second-order valence-electron chi connectivity index (χ2n) is 4.03. The van der Waals surface area contributed by atoms with Crippen molar-refractivity contribution in [1.29, 1.82) is 0 Å². The van der Waals surface area contributed by atoms with Gasteiger partial charge in [-0.2, -0.15) is 0 Å². The number of carboxylic acid groups (broad SMARTS) is 1. The number of carbonyl (C=O) groups is 2. The van der Waals surface area contributed by atoms with Crippen LogP contribution >= 0.6 is 27.5 Å². The van der Waals surface area contributed by atoms with Gasteiger partial charge in [-0.15, -0.1) is 0 Å². The Morgan fingerprint density at radius 3 is 2.61 bits per heavy atom. The van der Waals surface area contributed by atoms with Crippen LogP contribution in [0.3, 0.4) is 0 Å². The van der Waals surface area contributed by atoms with Crippen LogP contribution in [0.5, 0.6) is 0 Å². The first-order valence-electron chi connectivity index (χ1n) is 5.17. The molecule has 1 aromatic heterocycles. The SMILES string of the molecule is CC(C)[C@@H](NC(=O)c1cc(Br)cnc1Cl)C(=O)O. The molecule has 1 amide bonds. The molecular weight excluding hydrogens is 323 g/mol. The van der Waals surface area contributed by atoms with E-state index in [0.29, 0.717) is 4.47 Å². The number of aliphatic carboxylic acids is 1. The third-order valence-corrected chi connectivity index (χ3v) is 3.00. The van der Waals surface area contributed by atoms with Gasteiger partial charge in [0.25, 0.3) is 5.91 Å². The van der Waals surface area contributed by atoms with Gasteiger partial charge in [-0.25, -0.2) is 9.78 Å². The minimum Gasteiger partial charge on any atom is -0.480 e. The summed E-state index contributed by atoms with van der Waals surface area (Å²) in [5.41, 5.74) is 0.137. The molecule has 5 nitrogen and oxygen atoms in total. The molecule has 0 aliphatic heterocycles. The van der Waals surface area contributed by atoms with Crippen LogP contribution in [0, 0.1) is 5.92 Å². The number of hydrogen-bond donors (Lipinski definition) is 2. The number of nitrogens with one attached hydrogen (secondary N) is 1. The average molecular weight is 336 g/mol. The van der Waals surface area contributed by atoms with Crippen molar-refractivity contribution >= 4 is 39.4 Å². The van der Waals surface area contributed by atoms with Crippen molar-refractivity contribution in [2.45, 2.75) is 19.9 Å². The second kappa shape index (κ2) is 6.15. The Balaban J connectivity index is 2.94. The van der Waals surface area contributed by atoms with Crippen LogP contribution in [0.25, 0.3) is 0 Å². The summed E-state index contributed by atoms with van der Waals surface area (Å²) in [5.74, 6) is -1.88. The molecule has 0 saturated carbocycles. The van der Waals surface area contributed by atoms with E-state index in [-0.39, 0.29) is 16.6 Å². The zero-order chi connectivity index (χ0) is 13.9.